The first-order valence-corrected chi connectivity index (χ1v) is 13.1. The molecule has 2 saturated heterocycles. The van der Waals surface area contributed by atoms with Gasteiger partial charge in [0.2, 0.25) is 5.91 Å². The molecule has 3 fully saturated rings. The lowest BCUT2D eigenvalue weighted by Crippen LogP contribution is -2.48. The van der Waals surface area contributed by atoms with Crippen LogP contribution in [-0.2, 0) is 4.79 Å². The minimum atomic E-state index is -0.664. The predicted octanol–water partition coefficient (Wildman–Crippen LogP) is 6.45. The van der Waals surface area contributed by atoms with E-state index in [1.165, 1.54) is 24.5 Å². The minimum absolute atomic E-state index is 0.0168. The highest BCUT2D eigenvalue weighted by Crippen LogP contribution is 2.42. The van der Waals surface area contributed by atoms with E-state index in [4.69, 9.17) is 32.7 Å². The second-order valence-electron chi connectivity index (χ2n) is 9.75. The molecular weight excluding hydrogens is 518 g/mol. The number of benzene rings is 2. The molecule has 6 rings (SSSR count). The van der Waals surface area contributed by atoms with Crippen LogP contribution in [0.2, 0.25) is 10.0 Å². The maximum atomic E-state index is 14.7. The number of piperidine rings is 1. The van der Waals surface area contributed by atoms with E-state index in [0.717, 1.165) is 38.5 Å². The topological polar surface area (TPSA) is 76.6 Å². The number of anilines is 2. The number of carbonyl (C=O) groups is 1. The molecule has 10 heteroatoms. The summed E-state index contributed by atoms with van der Waals surface area (Å²) >= 11 is 11.9. The largest absolute Gasteiger partial charge is 0.486 e. The average Bonchev–Trinajstić information content (AvgIpc) is 3.67. The van der Waals surface area contributed by atoms with Gasteiger partial charge in [-0.1, -0.05) is 29.8 Å². The van der Waals surface area contributed by atoms with Crippen LogP contribution in [0.5, 0.6) is 11.5 Å². The monoisotopic (exact) mass is 542 g/mol. The molecule has 3 aliphatic rings. The summed E-state index contributed by atoms with van der Waals surface area (Å²) in [7, 11) is 0. The predicted molar refractivity (Wildman–Crippen MR) is 140 cm³/mol. The van der Waals surface area contributed by atoms with Crippen LogP contribution in [0.15, 0.2) is 43.2 Å². The Morgan fingerprint density at radius 1 is 1.05 bits per heavy atom. The number of amides is 1. The van der Waals surface area contributed by atoms with Crippen molar-refractivity contribution in [3.63, 3.8) is 0 Å². The zero-order chi connectivity index (χ0) is 25.7. The molecule has 2 aliphatic heterocycles. The molecule has 2 aromatic carbocycles. The lowest BCUT2D eigenvalue weighted by Gasteiger charge is -2.38. The van der Waals surface area contributed by atoms with Gasteiger partial charge in [-0.15, -0.1) is 0 Å². The van der Waals surface area contributed by atoms with Crippen LogP contribution in [-0.4, -0.2) is 45.1 Å². The Balaban J connectivity index is 1.33. The third-order valence-electron chi connectivity index (χ3n) is 7.22. The van der Waals surface area contributed by atoms with Crippen LogP contribution < -0.4 is 14.8 Å². The second-order valence-corrected chi connectivity index (χ2v) is 10.5. The van der Waals surface area contributed by atoms with Crippen molar-refractivity contribution in [2.75, 3.05) is 5.32 Å². The number of nitrogens with zero attached hydrogens (tertiary/aromatic N) is 3. The SMILES string of the molecule is C=CC(=O)N1C2CCC1CC(Oc1cc3c(Nc4ccc(Cl)c(Cl)c4F)ncnc3cc1OC1CC1)C2. The average molecular weight is 543 g/mol. The van der Waals surface area contributed by atoms with E-state index in [0.29, 0.717) is 28.2 Å². The number of carbonyl (C=O) groups excluding carboxylic acids is 1. The highest BCUT2D eigenvalue weighted by Gasteiger charge is 2.43. The third-order valence-corrected chi connectivity index (χ3v) is 8.00. The van der Waals surface area contributed by atoms with Gasteiger partial charge in [0.1, 0.15) is 18.2 Å². The first kappa shape index (κ1) is 24.2. The van der Waals surface area contributed by atoms with Gasteiger partial charge in [-0.25, -0.2) is 14.4 Å². The first-order valence-electron chi connectivity index (χ1n) is 12.4. The Bertz CT molecular complexity index is 1390. The van der Waals surface area contributed by atoms with Crippen LogP contribution in [0.1, 0.15) is 38.5 Å². The van der Waals surface area contributed by atoms with Crippen molar-refractivity contribution in [3.05, 3.63) is 59.1 Å². The summed E-state index contributed by atoms with van der Waals surface area (Å²) in [4.78, 5) is 23.1. The van der Waals surface area contributed by atoms with Gasteiger partial charge in [-0.05, 0) is 50.0 Å². The summed E-state index contributed by atoms with van der Waals surface area (Å²) in [5.41, 5.74) is 0.776. The summed E-state index contributed by atoms with van der Waals surface area (Å²) < 4.78 is 27.5. The van der Waals surface area contributed by atoms with Crippen LogP contribution in [0, 0.1) is 5.82 Å². The number of halogens is 3. The highest BCUT2D eigenvalue weighted by atomic mass is 35.5. The van der Waals surface area contributed by atoms with E-state index < -0.39 is 5.82 Å². The van der Waals surface area contributed by atoms with Crippen molar-refractivity contribution in [1.29, 1.82) is 0 Å². The second kappa shape index (κ2) is 9.65. The van der Waals surface area contributed by atoms with E-state index >= 15 is 0 Å². The number of fused-ring (bicyclic) bond motifs is 3. The van der Waals surface area contributed by atoms with Crippen molar-refractivity contribution in [2.24, 2.45) is 0 Å². The van der Waals surface area contributed by atoms with E-state index in [9.17, 15) is 9.18 Å². The van der Waals surface area contributed by atoms with E-state index in [1.807, 2.05) is 17.0 Å². The Kier molecular flexibility index (Phi) is 6.32. The summed E-state index contributed by atoms with van der Waals surface area (Å²) in [6.07, 6.45) is 8.28. The Morgan fingerprint density at radius 3 is 2.46 bits per heavy atom. The van der Waals surface area contributed by atoms with E-state index in [2.05, 4.69) is 21.9 Å². The van der Waals surface area contributed by atoms with Crippen molar-refractivity contribution in [3.8, 4) is 11.5 Å². The normalized spacial score (nSPS) is 22.7. The van der Waals surface area contributed by atoms with E-state index in [1.54, 1.807) is 0 Å². The molecule has 0 spiro atoms. The molecule has 2 atom stereocenters. The zero-order valence-corrected chi connectivity index (χ0v) is 21.4. The van der Waals surface area contributed by atoms with Crippen molar-refractivity contribution >= 4 is 51.5 Å². The molecule has 1 aliphatic carbocycles. The summed E-state index contributed by atoms with van der Waals surface area (Å²) in [5.74, 6) is 0.924. The lowest BCUT2D eigenvalue weighted by molar-refractivity contribution is -0.131. The number of rotatable bonds is 7. The Labute approximate surface area is 223 Å². The smallest absolute Gasteiger partial charge is 0.246 e. The minimum Gasteiger partial charge on any atom is -0.486 e. The molecule has 1 N–H and O–H groups in total. The van der Waals surface area contributed by atoms with Gasteiger partial charge in [0, 0.05) is 36.4 Å². The summed E-state index contributed by atoms with van der Waals surface area (Å²) in [6.45, 7) is 3.65. The molecule has 3 heterocycles. The molecule has 1 amide bonds. The summed E-state index contributed by atoms with van der Waals surface area (Å²) in [6, 6.07) is 6.99. The number of hydrogen-bond acceptors (Lipinski definition) is 6. The Hall–Kier alpha value is -3.10. The van der Waals surface area contributed by atoms with Gasteiger partial charge in [0.05, 0.1) is 27.4 Å². The molecule has 37 heavy (non-hydrogen) atoms. The quantitative estimate of drug-likeness (QED) is 0.273. The maximum Gasteiger partial charge on any atom is 0.246 e. The molecule has 2 bridgehead atoms. The van der Waals surface area contributed by atoms with Gasteiger partial charge >= 0.3 is 0 Å². The van der Waals surface area contributed by atoms with Crippen molar-refractivity contribution < 1.29 is 18.7 Å². The van der Waals surface area contributed by atoms with Crippen LogP contribution in [0.4, 0.5) is 15.9 Å². The number of aromatic nitrogens is 2. The van der Waals surface area contributed by atoms with Crippen LogP contribution in [0.25, 0.3) is 10.9 Å². The molecule has 192 valence electrons. The fraction of sp³-hybridized carbons (Fsp3) is 0.370. The molecule has 1 saturated carbocycles. The van der Waals surface area contributed by atoms with Crippen LogP contribution in [0.3, 0.4) is 0 Å². The lowest BCUT2D eigenvalue weighted by atomic mass is 9.99. The van der Waals surface area contributed by atoms with Crippen molar-refractivity contribution in [2.45, 2.75) is 62.8 Å². The molecule has 7 nitrogen and oxygen atoms in total. The van der Waals surface area contributed by atoms with Crippen molar-refractivity contribution in [1.82, 2.24) is 14.9 Å². The summed E-state index contributed by atoms with van der Waals surface area (Å²) in [5, 5.41) is 3.63. The number of ether oxygens (including phenoxy) is 2. The van der Waals surface area contributed by atoms with Gasteiger partial charge in [-0.3, -0.25) is 4.79 Å². The molecule has 1 aromatic heterocycles. The van der Waals surface area contributed by atoms with E-state index in [-0.39, 0.29) is 45.9 Å². The standard InChI is InChI=1S/C27H25Cl2FN4O3/c1-2-24(35)34-14-3-4-15(34)10-17(9-14)37-22-11-18-21(12-23(22)36-16-5-6-16)31-13-32-27(18)33-20-8-7-19(28)25(29)26(20)30/h2,7-8,11-17H,1,3-6,9-10H2,(H,31,32,33). The maximum absolute atomic E-state index is 14.7. The first-order chi connectivity index (χ1) is 17.9. The number of nitrogens with one attached hydrogen (secondary N) is 1. The zero-order valence-electron chi connectivity index (χ0n) is 19.9. The van der Waals surface area contributed by atoms with Gasteiger partial charge in [0.25, 0.3) is 0 Å². The van der Waals surface area contributed by atoms with Gasteiger partial charge < -0.3 is 19.7 Å². The molecule has 2 unspecified atom stereocenters. The molecule has 0 radical (unpaired) electrons. The third kappa shape index (κ3) is 4.68. The van der Waals surface area contributed by atoms with Crippen LogP contribution >= 0.6 is 23.2 Å². The Morgan fingerprint density at radius 2 is 1.76 bits per heavy atom. The number of hydrogen-bond donors (Lipinski definition) is 1. The fourth-order valence-corrected chi connectivity index (χ4v) is 5.64. The molecular formula is C27H25Cl2FN4O3. The van der Waals surface area contributed by atoms with Gasteiger partial charge in [0.15, 0.2) is 17.3 Å². The molecule has 3 aromatic rings. The highest BCUT2D eigenvalue weighted by molar-refractivity contribution is 6.42. The van der Waals surface area contributed by atoms with Gasteiger partial charge in [-0.2, -0.15) is 0 Å². The fourth-order valence-electron chi connectivity index (χ4n) is 5.33.